The molecule has 0 aromatic rings. The third-order valence-corrected chi connectivity index (χ3v) is 5.07. The Bertz CT molecular complexity index is 378. The van der Waals surface area contributed by atoms with Gasteiger partial charge in [0, 0.05) is 26.1 Å². The average Bonchev–Trinajstić information content (AvgIpc) is 2.92. The molecule has 2 fully saturated rings. The highest BCUT2D eigenvalue weighted by Crippen LogP contribution is 2.35. The Morgan fingerprint density at radius 3 is 2.67 bits per heavy atom. The van der Waals surface area contributed by atoms with Crippen LogP contribution in [0.15, 0.2) is 0 Å². The highest BCUT2D eigenvalue weighted by atomic mass is 16.4. The topological polar surface area (TPSA) is 69.6 Å². The molecule has 2 N–H and O–H groups in total. The lowest BCUT2D eigenvalue weighted by Crippen LogP contribution is -2.43. The standard InChI is InChI=1S/C16H28N2O3/c1-16(8-3-2-4-9-16)12-17-15(21)18-10-7-13(11-18)5-6-14(19)20/h13H,2-12H2,1H3,(H,17,21)(H,19,20). The second-order valence-electron chi connectivity index (χ2n) is 7.06. The van der Waals surface area contributed by atoms with E-state index in [2.05, 4.69) is 12.2 Å². The van der Waals surface area contributed by atoms with Gasteiger partial charge in [-0.25, -0.2) is 4.79 Å². The van der Waals surface area contributed by atoms with Crippen LogP contribution in [0.1, 0.15) is 58.3 Å². The lowest BCUT2D eigenvalue weighted by molar-refractivity contribution is -0.137. The van der Waals surface area contributed by atoms with Crippen LogP contribution in [0.5, 0.6) is 0 Å². The number of likely N-dealkylation sites (tertiary alicyclic amines) is 1. The minimum absolute atomic E-state index is 0.0274. The van der Waals surface area contributed by atoms with Gasteiger partial charge < -0.3 is 15.3 Å². The Labute approximate surface area is 127 Å². The highest BCUT2D eigenvalue weighted by Gasteiger charge is 2.30. The summed E-state index contributed by atoms with van der Waals surface area (Å²) in [6, 6.07) is 0.0274. The summed E-state index contributed by atoms with van der Waals surface area (Å²) in [7, 11) is 0. The van der Waals surface area contributed by atoms with Gasteiger partial charge in [0.1, 0.15) is 0 Å². The van der Waals surface area contributed by atoms with Crippen molar-refractivity contribution in [2.24, 2.45) is 11.3 Å². The molecular weight excluding hydrogens is 268 g/mol. The maximum Gasteiger partial charge on any atom is 0.317 e. The average molecular weight is 296 g/mol. The molecule has 0 aromatic carbocycles. The second kappa shape index (κ2) is 7.14. The van der Waals surface area contributed by atoms with Gasteiger partial charge >= 0.3 is 12.0 Å². The molecule has 1 saturated carbocycles. The fourth-order valence-corrected chi connectivity index (χ4v) is 3.56. The minimum atomic E-state index is -0.747. The number of nitrogens with one attached hydrogen (secondary N) is 1. The van der Waals surface area contributed by atoms with Crippen molar-refractivity contribution in [1.29, 1.82) is 0 Å². The number of carboxylic acids is 1. The molecule has 0 radical (unpaired) electrons. The molecule has 5 nitrogen and oxygen atoms in total. The lowest BCUT2D eigenvalue weighted by atomic mass is 9.76. The number of amides is 2. The number of carboxylic acid groups (broad SMARTS) is 1. The van der Waals surface area contributed by atoms with Gasteiger partial charge in [0.25, 0.3) is 0 Å². The Morgan fingerprint density at radius 1 is 1.29 bits per heavy atom. The first-order valence-electron chi connectivity index (χ1n) is 8.23. The van der Waals surface area contributed by atoms with Crippen LogP contribution in [-0.2, 0) is 4.79 Å². The lowest BCUT2D eigenvalue weighted by Gasteiger charge is -2.34. The zero-order valence-electron chi connectivity index (χ0n) is 13.1. The third kappa shape index (κ3) is 4.90. The normalized spacial score (nSPS) is 24.8. The summed E-state index contributed by atoms with van der Waals surface area (Å²) >= 11 is 0. The third-order valence-electron chi connectivity index (χ3n) is 5.07. The number of nitrogens with zero attached hydrogens (tertiary/aromatic N) is 1. The number of carbonyl (C=O) groups excluding carboxylic acids is 1. The monoisotopic (exact) mass is 296 g/mol. The second-order valence-corrected chi connectivity index (χ2v) is 7.06. The van der Waals surface area contributed by atoms with Crippen LogP contribution in [0.4, 0.5) is 4.79 Å². The molecule has 0 bridgehead atoms. The number of aliphatic carboxylic acids is 1. The van der Waals surface area contributed by atoms with E-state index in [4.69, 9.17) is 5.11 Å². The molecule has 2 rings (SSSR count). The molecule has 1 unspecified atom stereocenters. The van der Waals surface area contributed by atoms with Crippen LogP contribution in [0.2, 0.25) is 0 Å². The smallest absolute Gasteiger partial charge is 0.317 e. The van der Waals surface area contributed by atoms with Crippen LogP contribution in [-0.4, -0.2) is 41.6 Å². The van der Waals surface area contributed by atoms with Crippen molar-refractivity contribution in [1.82, 2.24) is 10.2 Å². The zero-order chi connectivity index (χ0) is 15.3. The summed E-state index contributed by atoms with van der Waals surface area (Å²) in [5.74, 6) is -0.403. The van der Waals surface area contributed by atoms with E-state index in [9.17, 15) is 9.59 Å². The van der Waals surface area contributed by atoms with E-state index in [-0.39, 0.29) is 17.9 Å². The highest BCUT2D eigenvalue weighted by molar-refractivity contribution is 5.74. The zero-order valence-corrected chi connectivity index (χ0v) is 13.1. The molecule has 1 heterocycles. The summed E-state index contributed by atoms with van der Waals surface area (Å²) in [5, 5.41) is 11.8. The SMILES string of the molecule is CC1(CNC(=O)N2CCC(CCC(=O)O)C2)CCCCC1. The van der Waals surface area contributed by atoms with Crippen molar-refractivity contribution in [2.45, 2.75) is 58.3 Å². The van der Waals surface area contributed by atoms with Gasteiger partial charge in [-0.3, -0.25) is 4.79 Å². The van der Waals surface area contributed by atoms with Gasteiger partial charge in [0.05, 0.1) is 0 Å². The minimum Gasteiger partial charge on any atom is -0.481 e. The van der Waals surface area contributed by atoms with Crippen molar-refractivity contribution >= 4 is 12.0 Å². The molecule has 0 aromatic heterocycles. The predicted molar refractivity (Wildman–Crippen MR) is 81.1 cm³/mol. The van der Waals surface area contributed by atoms with Gasteiger partial charge in [-0.05, 0) is 37.0 Å². The van der Waals surface area contributed by atoms with Gasteiger partial charge in [0.2, 0.25) is 0 Å². The quantitative estimate of drug-likeness (QED) is 0.819. The van der Waals surface area contributed by atoms with Crippen molar-refractivity contribution in [3.63, 3.8) is 0 Å². The van der Waals surface area contributed by atoms with Gasteiger partial charge in [-0.15, -0.1) is 0 Å². The van der Waals surface area contributed by atoms with E-state index in [0.29, 0.717) is 18.9 Å². The van der Waals surface area contributed by atoms with E-state index in [1.54, 1.807) is 0 Å². The van der Waals surface area contributed by atoms with Crippen molar-refractivity contribution < 1.29 is 14.7 Å². The number of carbonyl (C=O) groups is 2. The molecule has 1 atom stereocenters. The fourth-order valence-electron chi connectivity index (χ4n) is 3.56. The van der Waals surface area contributed by atoms with Crippen LogP contribution < -0.4 is 5.32 Å². The molecule has 5 heteroatoms. The molecule has 21 heavy (non-hydrogen) atoms. The van der Waals surface area contributed by atoms with Crippen molar-refractivity contribution in [3.05, 3.63) is 0 Å². The Hall–Kier alpha value is -1.26. The van der Waals surface area contributed by atoms with Crippen LogP contribution >= 0.6 is 0 Å². The first kappa shape index (κ1) is 16.1. The fraction of sp³-hybridized carbons (Fsp3) is 0.875. The molecular formula is C16H28N2O3. The van der Waals surface area contributed by atoms with Crippen LogP contribution in [0, 0.1) is 11.3 Å². The predicted octanol–water partition coefficient (Wildman–Crippen LogP) is 2.85. The largest absolute Gasteiger partial charge is 0.481 e. The summed E-state index contributed by atoms with van der Waals surface area (Å²) in [4.78, 5) is 24.6. The number of hydrogen-bond acceptors (Lipinski definition) is 2. The van der Waals surface area contributed by atoms with Gasteiger partial charge in [-0.1, -0.05) is 26.2 Å². The molecule has 2 aliphatic rings. The van der Waals surface area contributed by atoms with Gasteiger partial charge in [-0.2, -0.15) is 0 Å². The maximum absolute atomic E-state index is 12.2. The summed E-state index contributed by atoms with van der Waals surface area (Å²) in [6.45, 7) is 4.50. The van der Waals surface area contributed by atoms with Crippen molar-refractivity contribution in [2.75, 3.05) is 19.6 Å². The first-order chi connectivity index (χ1) is 9.98. The summed E-state index contributed by atoms with van der Waals surface area (Å²) in [5.41, 5.74) is 0.260. The molecule has 1 aliphatic heterocycles. The van der Waals surface area contributed by atoms with Crippen LogP contribution in [0.3, 0.4) is 0 Å². The van der Waals surface area contributed by atoms with E-state index in [0.717, 1.165) is 19.5 Å². The molecule has 0 spiro atoms. The van der Waals surface area contributed by atoms with Crippen LogP contribution in [0.25, 0.3) is 0 Å². The number of hydrogen-bond donors (Lipinski definition) is 2. The van der Waals surface area contributed by atoms with E-state index in [1.807, 2.05) is 4.90 Å². The number of rotatable bonds is 5. The maximum atomic E-state index is 12.2. The molecule has 2 amide bonds. The Morgan fingerprint density at radius 2 is 2.00 bits per heavy atom. The molecule has 1 aliphatic carbocycles. The summed E-state index contributed by atoms with van der Waals surface area (Å²) < 4.78 is 0. The number of urea groups is 1. The Balaban J connectivity index is 1.70. The van der Waals surface area contributed by atoms with Crippen molar-refractivity contribution in [3.8, 4) is 0 Å². The molecule has 120 valence electrons. The van der Waals surface area contributed by atoms with E-state index < -0.39 is 5.97 Å². The molecule has 1 saturated heterocycles. The van der Waals surface area contributed by atoms with E-state index in [1.165, 1.54) is 32.1 Å². The van der Waals surface area contributed by atoms with E-state index >= 15 is 0 Å². The first-order valence-corrected chi connectivity index (χ1v) is 8.23. The summed E-state index contributed by atoms with van der Waals surface area (Å²) in [6.07, 6.45) is 8.08. The Kier molecular flexibility index (Phi) is 5.48. The van der Waals surface area contributed by atoms with Gasteiger partial charge in [0.15, 0.2) is 0 Å².